The van der Waals surface area contributed by atoms with Gasteiger partial charge in [0.05, 0.1) is 7.11 Å². The van der Waals surface area contributed by atoms with Crippen LogP contribution >= 0.6 is 0 Å². The fraction of sp³-hybridized carbons (Fsp3) is 0.538. The molecule has 0 aliphatic heterocycles. The zero-order valence-electron chi connectivity index (χ0n) is 10.9. The molecule has 0 saturated carbocycles. The molecule has 1 aromatic rings. The quantitative estimate of drug-likeness (QED) is 0.770. The van der Waals surface area contributed by atoms with Gasteiger partial charge in [-0.05, 0) is 44.6 Å². The largest absolute Gasteiger partial charge is 0.496 e. The summed E-state index contributed by atoms with van der Waals surface area (Å²) < 4.78 is 5.36. The van der Waals surface area contributed by atoms with Gasteiger partial charge in [-0.1, -0.05) is 12.1 Å². The highest BCUT2D eigenvalue weighted by molar-refractivity contribution is 5.43. The minimum atomic E-state index is 0.893. The fourth-order valence-corrected chi connectivity index (χ4v) is 2.09. The van der Waals surface area contributed by atoms with Gasteiger partial charge in [0, 0.05) is 13.2 Å². The zero-order valence-corrected chi connectivity index (χ0v) is 10.9. The lowest BCUT2D eigenvalue weighted by atomic mass is 10.1. The van der Waals surface area contributed by atoms with Crippen LogP contribution < -0.4 is 10.1 Å². The Labute approximate surface area is 98.4 Å². The lowest BCUT2D eigenvalue weighted by Crippen LogP contribution is -2.28. The highest BCUT2D eigenvalue weighted by Crippen LogP contribution is 2.24. The van der Waals surface area contributed by atoms with Crippen LogP contribution in [-0.2, 0) is 6.54 Å². The summed E-state index contributed by atoms with van der Waals surface area (Å²) in [7, 11) is 5.79. The number of aryl methyl sites for hydroxylation is 2. The lowest BCUT2D eigenvalue weighted by molar-refractivity contribution is 0.309. The molecule has 0 saturated heterocycles. The van der Waals surface area contributed by atoms with E-state index in [1.54, 1.807) is 7.11 Å². The third kappa shape index (κ3) is 3.22. The number of nitrogens with zero attached hydrogens (tertiary/aromatic N) is 1. The summed E-state index contributed by atoms with van der Waals surface area (Å²) >= 11 is 0. The van der Waals surface area contributed by atoms with E-state index < -0.39 is 0 Å². The average Bonchev–Trinajstić information content (AvgIpc) is 2.17. The molecule has 90 valence electrons. The molecule has 0 fully saturated rings. The molecule has 16 heavy (non-hydrogen) atoms. The zero-order chi connectivity index (χ0) is 12.1. The Hall–Kier alpha value is -1.06. The van der Waals surface area contributed by atoms with E-state index in [1.807, 2.05) is 7.05 Å². The van der Waals surface area contributed by atoms with Gasteiger partial charge in [-0.3, -0.25) is 4.90 Å². The first-order valence-corrected chi connectivity index (χ1v) is 5.55. The molecule has 1 N–H and O–H groups in total. The molecule has 0 radical (unpaired) electrons. The van der Waals surface area contributed by atoms with Crippen LogP contribution in [0.2, 0.25) is 0 Å². The summed E-state index contributed by atoms with van der Waals surface area (Å²) in [5.74, 6) is 1.00. The minimum absolute atomic E-state index is 0.893. The predicted octanol–water partition coefficient (Wildman–Crippen LogP) is 1.92. The third-order valence-electron chi connectivity index (χ3n) is 2.60. The van der Waals surface area contributed by atoms with Gasteiger partial charge >= 0.3 is 0 Å². The molecule has 0 unspecified atom stereocenters. The summed E-state index contributed by atoms with van der Waals surface area (Å²) in [5.41, 5.74) is 3.74. The van der Waals surface area contributed by atoms with Crippen molar-refractivity contribution in [2.75, 3.05) is 27.9 Å². The van der Waals surface area contributed by atoms with Crippen molar-refractivity contribution >= 4 is 0 Å². The van der Waals surface area contributed by atoms with Crippen LogP contribution in [0, 0.1) is 13.8 Å². The second kappa shape index (κ2) is 5.87. The highest BCUT2D eigenvalue weighted by atomic mass is 16.5. The SMILES string of the molecule is CNCN(C)Cc1cc(C)c(OC)c(C)c1. The molecule has 1 aromatic carbocycles. The first-order valence-electron chi connectivity index (χ1n) is 5.55. The van der Waals surface area contributed by atoms with Crippen molar-refractivity contribution in [1.29, 1.82) is 0 Å². The second-order valence-corrected chi connectivity index (χ2v) is 4.29. The number of methoxy groups -OCH3 is 1. The van der Waals surface area contributed by atoms with Crippen LogP contribution in [0.5, 0.6) is 5.75 Å². The van der Waals surface area contributed by atoms with Crippen molar-refractivity contribution in [3.8, 4) is 5.75 Å². The number of ether oxygens (including phenoxy) is 1. The van der Waals surface area contributed by atoms with Crippen LogP contribution in [0.4, 0.5) is 0 Å². The summed E-state index contributed by atoms with van der Waals surface area (Å²) in [6, 6.07) is 4.38. The molecule has 0 aliphatic rings. The van der Waals surface area contributed by atoms with Crippen molar-refractivity contribution in [1.82, 2.24) is 10.2 Å². The standard InChI is InChI=1S/C13H22N2O/c1-10-6-12(8-15(4)9-14-3)7-11(2)13(10)16-5/h6-7,14H,8-9H2,1-5H3. The average molecular weight is 222 g/mol. The van der Waals surface area contributed by atoms with Gasteiger partial charge in [0.2, 0.25) is 0 Å². The van der Waals surface area contributed by atoms with Crippen molar-refractivity contribution in [3.63, 3.8) is 0 Å². The van der Waals surface area contributed by atoms with E-state index >= 15 is 0 Å². The lowest BCUT2D eigenvalue weighted by Gasteiger charge is -2.18. The van der Waals surface area contributed by atoms with Gasteiger partial charge in [0.1, 0.15) is 5.75 Å². The smallest absolute Gasteiger partial charge is 0.124 e. The molecule has 3 nitrogen and oxygen atoms in total. The maximum absolute atomic E-state index is 5.36. The van der Waals surface area contributed by atoms with Gasteiger partial charge in [-0.25, -0.2) is 0 Å². The van der Waals surface area contributed by atoms with Crippen molar-refractivity contribution in [2.45, 2.75) is 20.4 Å². The molecule has 0 atom stereocenters. The number of nitrogens with one attached hydrogen (secondary N) is 1. The summed E-state index contributed by atoms with van der Waals surface area (Å²) in [5, 5.41) is 3.14. The predicted molar refractivity (Wildman–Crippen MR) is 67.9 cm³/mol. The van der Waals surface area contributed by atoms with Crippen LogP contribution in [0.1, 0.15) is 16.7 Å². The number of rotatable bonds is 5. The van der Waals surface area contributed by atoms with E-state index in [4.69, 9.17) is 4.74 Å². The van der Waals surface area contributed by atoms with E-state index in [0.29, 0.717) is 0 Å². The van der Waals surface area contributed by atoms with Gasteiger partial charge in [0.15, 0.2) is 0 Å². The van der Waals surface area contributed by atoms with E-state index in [1.165, 1.54) is 16.7 Å². The topological polar surface area (TPSA) is 24.5 Å². The van der Waals surface area contributed by atoms with Crippen LogP contribution in [-0.4, -0.2) is 32.8 Å². The van der Waals surface area contributed by atoms with Gasteiger partial charge in [-0.2, -0.15) is 0 Å². The van der Waals surface area contributed by atoms with E-state index in [9.17, 15) is 0 Å². The Morgan fingerprint density at radius 1 is 1.25 bits per heavy atom. The minimum Gasteiger partial charge on any atom is -0.496 e. The Balaban J connectivity index is 2.83. The maximum atomic E-state index is 5.36. The van der Waals surface area contributed by atoms with Crippen LogP contribution in [0.25, 0.3) is 0 Å². The summed E-state index contributed by atoms with van der Waals surface area (Å²) in [6.07, 6.45) is 0. The first kappa shape index (κ1) is 13.0. The number of benzene rings is 1. The Kier molecular flexibility index (Phi) is 4.77. The highest BCUT2D eigenvalue weighted by Gasteiger charge is 2.06. The van der Waals surface area contributed by atoms with E-state index in [2.05, 4.69) is 43.2 Å². The molecule has 0 aromatic heterocycles. The van der Waals surface area contributed by atoms with Gasteiger partial charge < -0.3 is 10.1 Å². The van der Waals surface area contributed by atoms with Gasteiger partial charge in [0.25, 0.3) is 0 Å². The van der Waals surface area contributed by atoms with Gasteiger partial charge in [-0.15, -0.1) is 0 Å². The molecule has 0 spiro atoms. The summed E-state index contributed by atoms with van der Waals surface area (Å²) in [6.45, 7) is 6.03. The molecule has 0 heterocycles. The summed E-state index contributed by atoms with van der Waals surface area (Å²) in [4.78, 5) is 2.24. The molecule has 1 rings (SSSR count). The van der Waals surface area contributed by atoms with Crippen molar-refractivity contribution < 1.29 is 4.74 Å². The third-order valence-corrected chi connectivity index (χ3v) is 2.60. The van der Waals surface area contributed by atoms with E-state index in [-0.39, 0.29) is 0 Å². The molecule has 0 bridgehead atoms. The van der Waals surface area contributed by atoms with Crippen LogP contribution in [0.3, 0.4) is 0 Å². The fourth-order valence-electron chi connectivity index (χ4n) is 2.09. The van der Waals surface area contributed by atoms with Crippen molar-refractivity contribution in [3.05, 3.63) is 28.8 Å². The molecule has 0 aliphatic carbocycles. The van der Waals surface area contributed by atoms with E-state index in [0.717, 1.165) is 19.0 Å². The first-order chi connectivity index (χ1) is 7.58. The molecule has 0 amide bonds. The molecular weight excluding hydrogens is 200 g/mol. The molecular formula is C13H22N2O. The maximum Gasteiger partial charge on any atom is 0.124 e. The Morgan fingerprint density at radius 2 is 1.81 bits per heavy atom. The molecule has 3 heteroatoms. The monoisotopic (exact) mass is 222 g/mol. The number of hydrogen-bond acceptors (Lipinski definition) is 3. The second-order valence-electron chi connectivity index (χ2n) is 4.29. The Morgan fingerprint density at radius 3 is 2.25 bits per heavy atom. The number of hydrogen-bond donors (Lipinski definition) is 1. The Bertz CT molecular complexity index is 327. The van der Waals surface area contributed by atoms with Crippen LogP contribution in [0.15, 0.2) is 12.1 Å². The van der Waals surface area contributed by atoms with Crippen molar-refractivity contribution in [2.24, 2.45) is 0 Å². The normalized spacial score (nSPS) is 10.9.